The molecule has 0 amide bonds. The monoisotopic (exact) mass is 443 g/mol. The average molecular weight is 444 g/mol. The van der Waals surface area contributed by atoms with E-state index in [-0.39, 0.29) is 11.7 Å². The molecule has 164 valence electrons. The normalized spacial score (nSPS) is 21.5. The molecule has 1 aliphatic heterocycles. The maximum atomic E-state index is 13.9. The lowest BCUT2D eigenvalue weighted by molar-refractivity contribution is -0.137. The number of aliphatic carboxylic acids is 1. The third-order valence-electron chi connectivity index (χ3n) is 6.42. The van der Waals surface area contributed by atoms with Gasteiger partial charge in [0.15, 0.2) is 9.84 Å². The van der Waals surface area contributed by atoms with Crippen molar-refractivity contribution in [1.29, 1.82) is 0 Å². The highest BCUT2D eigenvalue weighted by Crippen LogP contribution is 2.32. The number of carbonyl (C=O) groups is 1. The Labute approximate surface area is 181 Å². The molecule has 0 radical (unpaired) electrons. The molecule has 1 aliphatic carbocycles. The van der Waals surface area contributed by atoms with Crippen LogP contribution in [0.15, 0.2) is 52.4 Å². The zero-order valence-electron chi connectivity index (χ0n) is 17.5. The van der Waals surface area contributed by atoms with Gasteiger partial charge >= 0.3 is 5.97 Å². The van der Waals surface area contributed by atoms with Crippen LogP contribution in [0.1, 0.15) is 51.0 Å². The van der Waals surface area contributed by atoms with Crippen molar-refractivity contribution in [1.82, 2.24) is 0 Å². The molecule has 2 aliphatic rings. The van der Waals surface area contributed by atoms with E-state index in [1.165, 1.54) is 12.1 Å². The second kappa shape index (κ2) is 8.19. The smallest absolute Gasteiger partial charge is 0.306 e. The Morgan fingerprint density at radius 3 is 2.45 bits per heavy atom. The molecule has 0 aromatic heterocycles. The maximum absolute atomic E-state index is 13.9. The molecule has 7 heteroatoms. The number of carboxylic acids is 1. The third-order valence-corrected chi connectivity index (χ3v) is 8.70. The number of fused-ring (bicyclic) bond motifs is 1. The predicted octanol–water partition coefficient (Wildman–Crippen LogP) is 3.19. The van der Waals surface area contributed by atoms with Gasteiger partial charge in [0.2, 0.25) is 0 Å². The van der Waals surface area contributed by atoms with Gasteiger partial charge in [0.05, 0.1) is 27.5 Å². The maximum Gasteiger partial charge on any atom is 0.306 e. The van der Waals surface area contributed by atoms with E-state index in [0.29, 0.717) is 34.7 Å². The van der Waals surface area contributed by atoms with Crippen molar-refractivity contribution >= 4 is 21.4 Å². The molecule has 1 atom stereocenters. The van der Waals surface area contributed by atoms with E-state index in [1.54, 1.807) is 37.3 Å². The lowest BCUT2D eigenvalue weighted by Crippen LogP contribution is -2.29. The van der Waals surface area contributed by atoms with Gasteiger partial charge in [0, 0.05) is 5.22 Å². The van der Waals surface area contributed by atoms with E-state index < -0.39 is 27.2 Å². The van der Waals surface area contributed by atoms with Gasteiger partial charge in [-0.25, -0.2) is 12.8 Å². The topological polar surface area (TPSA) is 83.8 Å². The van der Waals surface area contributed by atoms with Crippen molar-refractivity contribution in [3.8, 4) is 0 Å². The van der Waals surface area contributed by atoms with Crippen LogP contribution >= 0.6 is 0 Å². The number of rotatable bonds is 6. The van der Waals surface area contributed by atoms with E-state index in [4.69, 9.17) is 0 Å². The molecule has 2 aromatic rings. The van der Waals surface area contributed by atoms with Crippen molar-refractivity contribution in [3.63, 3.8) is 0 Å². The van der Waals surface area contributed by atoms with Crippen LogP contribution in [0.4, 0.5) is 4.39 Å². The Hall–Kier alpha value is -2.54. The first kappa shape index (κ1) is 21.7. The molecule has 0 saturated heterocycles. The van der Waals surface area contributed by atoms with E-state index in [1.807, 2.05) is 0 Å². The van der Waals surface area contributed by atoms with Crippen molar-refractivity contribution < 1.29 is 22.7 Å². The van der Waals surface area contributed by atoms with Crippen molar-refractivity contribution in [3.05, 3.63) is 64.4 Å². The van der Waals surface area contributed by atoms with Gasteiger partial charge in [-0.3, -0.25) is 9.79 Å². The van der Waals surface area contributed by atoms with Crippen LogP contribution in [0.3, 0.4) is 0 Å². The summed E-state index contributed by atoms with van der Waals surface area (Å²) in [6.45, 7) is 1.75. The Balaban J connectivity index is 1.67. The number of halogens is 1. The quantitative estimate of drug-likeness (QED) is 0.743. The molecular formula is C24H26FNO4S. The van der Waals surface area contributed by atoms with Crippen LogP contribution in [-0.4, -0.2) is 30.3 Å². The first-order valence-electron chi connectivity index (χ1n) is 10.6. The van der Waals surface area contributed by atoms with Crippen molar-refractivity contribution in [2.75, 3.05) is 0 Å². The summed E-state index contributed by atoms with van der Waals surface area (Å²) >= 11 is 0. The zero-order chi connectivity index (χ0) is 22.2. The number of sulfone groups is 1. The second-order valence-electron chi connectivity index (χ2n) is 8.72. The van der Waals surface area contributed by atoms with E-state index in [2.05, 4.69) is 4.99 Å². The molecule has 4 rings (SSSR count). The van der Waals surface area contributed by atoms with Crippen LogP contribution in [0.25, 0.3) is 5.57 Å². The highest BCUT2D eigenvalue weighted by atomic mass is 32.2. The van der Waals surface area contributed by atoms with Crippen LogP contribution in [0.2, 0.25) is 0 Å². The number of hydrogen-bond donors (Lipinski definition) is 1. The van der Waals surface area contributed by atoms with Gasteiger partial charge in [0.25, 0.3) is 0 Å². The first-order chi connectivity index (χ1) is 14.7. The van der Waals surface area contributed by atoms with Gasteiger partial charge in [-0.15, -0.1) is 0 Å². The molecule has 0 bridgehead atoms. The summed E-state index contributed by atoms with van der Waals surface area (Å²) in [5.41, 5.74) is 0.586. The fraction of sp³-hybridized carbons (Fsp3) is 0.417. The Kier molecular flexibility index (Phi) is 5.73. The summed E-state index contributed by atoms with van der Waals surface area (Å²) in [6, 6.07) is 11.1. The van der Waals surface area contributed by atoms with Crippen LogP contribution in [0.5, 0.6) is 0 Å². The van der Waals surface area contributed by atoms with Gasteiger partial charge in [-0.2, -0.15) is 0 Å². The van der Waals surface area contributed by atoms with Gasteiger partial charge in [-0.1, -0.05) is 31.4 Å². The van der Waals surface area contributed by atoms with Crippen LogP contribution < -0.4 is 10.6 Å². The third kappa shape index (κ3) is 4.28. The lowest BCUT2D eigenvalue weighted by Gasteiger charge is -2.24. The van der Waals surface area contributed by atoms with Gasteiger partial charge in [-0.05, 0) is 67.7 Å². The zero-order valence-corrected chi connectivity index (χ0v) is 18.3. The Morgan fingerprint density at radius 1 is 1.13 bits per heavy atom. The standard InChI is InChI=1S/C24H26FNO4S/c1-24(15-23(27)28)21(20-14-17(25)9-12-22(20)26-24)13-16-7-10-19(11-8-16)31(29,30)18-5-3-2-4-6-18/h7-12,14,18H,2-6,13,15H2,1H3,(H,27,28). The summed E-state index contributed by atoms with van der Waals surface area (Å²) in [5.74, 6) is -1.38. The summed E-state index contributed by atoms with van der Waals surface area (Å²) in [6.07, 6.45) is 4.56. The van der Waals surface area contributed by atoms with Gasteiger partial charge in [0.1, 0.15) is 5.82 Å². The van der Waals surface area contributed by atoms with E-state index in [9.17, 15) is 22.7 Å². The molecule has 1 heterocycles. The molecular weight excluding hydrogens is 417 g/mol. The van der Waals surface area contributed by atoms with Crippen molar-refractivity contribution in [2.45, 2.75) is 67.6 Å². The van der Waals surface area contributed by atoms with Gasteiger partial charge < -0.3 is 5.11 Å². The SMILES string of the molecule is CC1(CC(=O)O)N=c2ccc(F)cc2=C1Cc1ccc(S(=O)(=O)C2CCCCC2)cc1. The number of benzene rings is 2. The second-order valence-corrected chi connectivity index (χ2v) is 11.0. The molecule has 1 unspecified atom stereocenters. The van der Waals surface area contributed by atoms with Crippen LogP contribution in [-0.2, 0) is 21.1 Å². The minimum Gasteiger partial charge on any atom is -0.481 e. The largest absolute Gasteiger partial charge is 0.481 e. The van der Waals surface area contributed by atoms with Crippen LogP contribution in [0, 0.1) is 5.82 Å². The fourth-order valence-electron chi connectivity index (χ4n) is 4.77. The highest BCUT2D eigenvalue weighted by molar-refractivity contribution is 7.92. The lowest BCUT2D eigenvalue weighted by atomic mass is 9.85. The van der Waals surface area contributed by atoms with E-state index >= 15 is 0 Å². The Bertz CT molecular complexity index is 1230. The summed E-state index contributed by atoms with van der Waals surface area (Å²) in [7, 11) is -3.35. The molecule has 31 heavy (non-hydrogen) atoms. The minimum absolute atomic E-state index is 0.202. The molecule has 1 fully saturated rings. The number of hydrogen-bond acceptors (Lipinski definition) is 4. The average Bonchev–Trinajstić information content (AvgIpc) is 2.99. The molecule has 1 N–H and O–H groups in total. The fourth-order valence-corrected chi connectivity index (χ4v) is 6.62. The molecule has 2 aromatic carbocycles. The first-order valence-corrected chi connectivity index (χ1v) is 12.2. The van der Waals surface area contributed by atoms with Crippen molar-refractivity contribution in [2.24, 2.45) is 4.99 Å². The number of nitrogens with zero attached hydrogens (tertiary/aromatic N) is 1. The van der Waals surface area contributed by atoms with E-state index in [0.717, 1.165) is 30.4 Å². The Morgan fingerprint density at radius 2 is 1.81 bits per heavy atom. The molecule has 1 saturated carbocycles. The minimum atomic E-state index is -3.35. The summed E-state index contributed by atoms with van der Waals surface area (Å²) < 4.78 is 39.8. The molecule has 0 spiro atoms. The summed E-state index contributed by atoms with van der Waals surface area (Å²) in [5, 5.41) is 10.3. The number of carboxylic acid groups (broad SMARTS) is 1. The summed E-state index contributed by atoms with van der Waals surface area (Å²) in [4.78, 5) is 16.4. The molecule has 5 nitrogen and oxygen atoms in total. The predicted molar refractivity (Wildman–Crippen MR) is 115 cm³/mol. The highest BCUT2D eigenvalue weighted by Gasteiger charge is 2.35.